The number of aromatic amines is 1. The van der Waals surface area contributed by atoms with Crippen molar-refractivity contribution in [2.45, 2.75) is 36.7 Å². The Labute approximate surface area is 136 Å². The van der Waals surface area contributed by atoms with Crippen molar-refractivity contribution < 1.29 is 26.0 Å². The molecule has 132 valence electrons. The molecule has 1 unspecified atom stereocenters. The number of alkyl halides is 3. The number of H-pyrrole nitrogens is 1. The molecule has 2 aromatic rings. The third kappa shape index (κ3) is 3.86. The van der Waals surface area contributed by atoms with E-state index in [0.29, 0.717) is 18.2 Å². The Bertz CT molecular complexity index is 831. The summed E-state index contributed by atoms with van der Waals surface area (Å²) in [6.45, 7) is 3.44. The van der Waals surface area contributed by atoms with Crippen LogP contribution in [0.4, 0.5) is 23.2 Å². The van der Waals surface area contributed by atoms with Crippen molar-refractivity contribution in [2.75, 3.05) is 5.32 Å². The fraction of sp³-hybridized carbons (Fsp3) is 0.357. The average Bonchev–Trinajstić information content (AvgIpc) is 2.84. The molecule has 2 rings (SSSR count). The summed E-state index contributed by atoms with van der Waals surface area (Å²) >= 11 is 0. The van der Waals surface area contributed by atoms with E-state index in [1.807, 2.05) is 0 Å². The van der Waals surface area contributed by atoms with Crippen molar-refractivity contribution in [3.63, 3.8) is 0 Å². The van der Waals surface area contributed by atoms with E-state index in [1.165, 1.54) is 0 Å². The summed E-state index contributed by atoms with van der Waals surface area (Å²) in [7, 11) is -5.67. The highest BCUT2D eigenvalue weighted by Gasteiger charge is 2.48. The minimum Gasteiger partial charge on any atom is -0.381 e. The lowest BCUT2D eigenvalue weighted by Gasteiger charge is -2.18. The molecular formula is C14H15F4N3O2S. The SMILES string of the molecule is Cc1cc(CC(C)Nc2ccc(F)cc2S(=O)(=O)C(F)(F)F)n[nH]1. The second kappa shape index (κ2) is 6.42. The van der Waals surface area contributed by atoms with Crippen LogP contribution in [0.5, 0.6) is 0 Å². The summed E-state index contributed by atoms with van der Waals surface area (Å²) < 4.78 is 74.8. The summed E-state index contributed by atoms with van der Waals surface area (Å²) in [5.41, 5.74) is -4.35. The van der Waals surface area contributed by atoms with Crippen LogP contribution in [-0.4, -0.2) is 30.2 Å². The number of nitrogens with one attached hydrogen (secondary N) is 2. The third-order valence-electron chi connectivity index (χ3n) is 3.21. The second-order valence-electron chi connectivity index (χ2n) is 5.38. The first-order valence-electron chi connectivity index (χ1n) is 6.89. The lowest BCUT2D eigenvalue weighted by Crippen LogP contribution is -2.26. The van der Waals surface area contributed by atoms with Gasteiger partial charge in [-0.2, -0.15) is 18.3 Å². The van der Waals surface area contributed by atoms with Crippen molar-refractivity contribution in [1.82, 2.24) is 10.2 Å². The monoisotopic (exact) mass is 365 g/mol. The molecule has 0 amide bonds. The fourth-order valence-corrected chi connectivity index (χ4v) is 3.11. The normalized spacial score (nSPS) is 13.8. The molecule has 0 fully saturated rings. The van der Waals surface area contributed by atoms with Gasteiger partial charge in [0.05, 0.1) is 11.4 Å². The van der Waals surface area contributed by atoms with E-state index in [2.05, 4.69) is 15.5 Å². The summed E-state index contributed by atoms with van der Waals surface area (Å²) in [5.74, 6) is -1.07. The predicted molar refractivity (Wildman–Crippen MR) is 79.8 cm³/mol. The molecule has 10 heteroatoms. The van der Waals surface area contributed by atoms with E-state index in [4.69, 9.17) is 0 Å². The third-order valence-corrected chi connectivity index (χ3v) is 4.74. The smallest absolute Gasteiger partial charge is 0.381 e. The van der Waals surface area contributed by atoms with E-state index in [1.54, 1.807) is 19.9 Å². The Morgan fingerprint density at radius 2 is 1.96 bits per heavy atom. The van der Waals surface area contributed by atoms with Gasteiger partial charge in [0, 0.05) is 18.2 Å². The second-order valence-corrected chi connectivity index (χ2v) is 7.29. The maximum atomic E-state index is 13.3. The first-order chi connectivity index (χ1) is 11.0. The number of halogens is 4. The number of aryl methyl sites for hydroxylation is 1. The fourth-order valence-electron chi connectivity index (χ4n) is 2.17. The van der Waals surface area contributed by atoms with Crippen LogP contribution >= 0.6 is 0 Å². The van der Waals surface area contributed by atoms with E-state index < -0.39 is 32.1 Å². The Hall–Kier alpha value is -2.10. The zero-order valence-electron chi connectivity index (χ0n) is 12.8. The summed E-state index contributed by atoms with van der Waals surface area (Å²) in [5, 5.41) is 9.40. The number of benzene rings is 1. The number of aromatic nitrogens is 2. The zero-order valence-corrected chi connectivity index (χ0v) is 13.6. The van der Waals surface area contributed by atoms with Crippen molar-refractivity contribution in [2.24, 2.45) is 0 Å². The Morgan fingerprint density at radius 1 is 1.29 bits per heavy atom. The standard InChI is InChI=1S/C14H15F4N3O2S/c1-8(5-11-6-9(2)20-21-11)19-12-4-3-10(15)7-13(12)24(22,23)14(16,17)18/h3-4,6-8,19H,5H2,1-2H3,(H,20,21). The first kappa shape index (κ1) is 18.2. The van der Waals surface area contributed by atoms with Gasteiger partial charge in [-0.25, -0.2) is 12.8 Å². The molecule has 0 aliphatic rings. The van der Waals surface area contributed by atoms with Gasteiger partial charge in [-0.15, -0.1) is 0 Å². The van der Waals surface area contributed by atoms with Crippen molar-refractivity contribution in [3.05, 3.63) is 41.5 Å². The molecule has 0 aliphatic carbocycles. The number of rotatable bonds is 5. The highest BCUT2D eigenvalue weighted by Crippen LogP contribution is 2.35. The van der Waals surface area contributed by atoms with Crippen LogP contribution in [0.2, 0.25) is 0 Å². The van der Waals surface area contributed by atoms with E-state index in [-0.39, 0.29) is 5.69 Å². The van der Waals surface area contributed by atoms with Gasteiger partial charge in [0.1, 0.15) is 10.7 Å². The van der Waals surface area contributed by atoms with E-state index >= 15 is 0 Å². The van der Waals surface area contributed by atoms with Gasteiger partial charge in [0.2, 0.25) is 0 Å². The van der Waals surface area contributed by atoms with E-state index in [0.717, 1.165) is 17.8 Å². The summed E-state index contributed by atoms with van der Waals surface area (Å²) in [6.07, 6.45) is 0.340. The lowest BCUT2D eigenvalue weighted by atomic mass is 10.1. The highest BCUT2D eigenvalue weighted by molar-refractivity contribution is 7.92. The minimum atomic E-state index is -5.67. The molecule has 1 heterocycles. The van der Waals surface area contributed by atoms with Crippen LogP contribution in [0.15, 0.2) is 29.2 Å². The topological polar surface area (TPSA) is 74.8 Å². The number of hydrogen-bond acceptors (Lipinski definition) is 4. The summed E-state index contributed by atoms with van der Waals surface area (Å²) in [6, 6.07) is 3.55. The van der Waals surface area contributed by atoms with Crippen LogP contribution in [0.25, 0.3) is 0 Å². The van der Waals surface area contributed by atoms with Crippen molar-refractivity contribution in [1.29, 1.82) is 0 Å². The Kier molecular flexibility index (Phi) is 4.88. The molecular weight excluding hydrogens is 350 g/mol. The molecule has 1 atom stereocenters. The van der Waals surface area contributed by atoms with Gasteiger partial charge in [-0.3, -0.25) is 5.10 Å². The largest absolute Gasteiger partial charge is 0.501 e. The predicted octanol–water partition coefficient (Wildman–Crippen LogP) is 3.19. The maximum Gasteiger partial charge on any atom is 0.501 e. The quantitative estimate of drug-likeness (QED) is 0.798. The molecule has 0 radical (unpaired) electrons. The van der Waals surface area contributed by atoms with Crippen LogP contribution in [0.3, 0.4) is 0 Å². The molecule has 0 saturated heterocycles. The van der Waals surface area contributed by atoms with Gasteiger partial charge in [0.25, 0.3) is 9.84 Å². The molecule has 2 N–H and O–H groups in total. The van der Waals surface area contributed by atoms with E-state index in [9.17, 15) is 26.0 Å². The van der Waals surface area contributed by atoms with Gasteiger partial charge in [-0.1, -0.05) is 0 Å². The molecule has 5 nitrogen and oxygen atoms in total. The zero-order chi connectivity index (χ0) is 18.1. The molecule has 24 heavy (non-hydrogen) atoms. The highest BCUT2D eigenvalue weighted by atomic mass is 32.2. The molecule has 1 aromatic heterocycles. The van der Waals surface area contributed by atoms with Gasteiger partial charge < -0.3 is 5.32 Å². The van der Waals surface area contributed by atoms with Crippen molar-refractivity contribution >= 4 is 15.5 Å². The maximum absolute atomic E-state index is 13.3. The van der Waals surface area contributed by atoms with Gasteiger partial charge in [0.15, 0.2) is 0 Å². The molecule has 1 aromatic carbocycles. The van der Waals surface area contributed by atoms with Crippen LogP contribution in [0, 0.1) is 12.7 Å². The molecule has 0 saturated carbocycles. The number of hydrogen-bond donors (Lipinski definition) is 2. The van der Waals surface area contributed by atoms with Crippen LogP contribution in [0.1, 0.15) is 18.3 Å². The van der Waals surface area contributed by atoms with Gasteiger partial charge >= 0.3 is 5.51 Å². The van der Waals surface area contributed by atoms with Crippen LogP contribution in [-0.2, 0) is 16.3 Å². The Balaban J connectivity index is 2.31. The van der Waals surface area contributed by atoms with Crippen LogP contribution < -0.4 is 5.32 Å². The molecule has 0 bridgehead atoms. The number of nitrogens with zero attached hydrogens (tertiary/aromatic N) is 1. The summed E-state index contributed by atoms with van der Waals surface area (Å²) in [4.78, 5) is -1.14. The van der Waals surface area contributed by atoms with Crippen molar-refractivity contribution in [3.8, 4) is 0 Å². The Morgan fingerprint density at radius 3 is 2.50 bits per heavy atom. The number of sulfone groups is 1. The first-order valence-corrected chi connectivity index (χ1v) is 8.37. The van der Waals surface area contributed by atoms with Gasteiger partial charge in [-0.05, 0) is 38.1 Å². The molecule has 0 spiro atoms. The number of anilines is 1. The minimum absolute atomic E-state index is 0.312. The average molecular weight is 365 g/mol. The lowest BCUT2D eigenvalue weighted by molar-refractivity contribution is -0.0435. The molecule has 0 aliphatic heterocycles.